The van der Waals surface area contributed by atoms with Crippen LogP contribution < -0.4 is 5.01 Å². The molecule has 226 valence electrons. The number of anilines is 1. The second-order valence-electron chi connectivity index (χ2n) is 11.1. The number of halogens is 7. The van der Waals surface area contributed by atoms with Crippen LogP contribution in [0.3, 0.4) is 0 Å². The number of carbonyl (C=O) groups is 1. The van der Waals surface area contributed by atoms with Gasteiger partial charge in [-0.1, -0.05) is 66.9 Å². The number of amides is 1. The van der Waals surface area contributed by atoms with Crippen LogP contribution in [0.2, 0.25) is 5.02 Å². The Kier molecular flexibility index (Phi) is 8.37. The highest BCUT2D eigenvalue weighted by Crippen LogP contribution is 2.49. The van der Waals surface area contributed by atoms with Crippen LogP contribution in [0, 0.1) is 5.92 Å². The summed E-state index contributed by atoms with van der Waals surface area (Å²) in [6.07, 6.45) is -5.21. The van der Waals surface area contributed by atoms with Crippen LogP contribution in [0.25, 0.3) is 5.57 Å². The average molecular weight is 614 g/mol. The summed E-state index contributed by atoms with van der Waals surface area (Å²) >= 11 is 6.25. The lowest BCUT2D eigenvalue weighted by Crippen LogP contribution is -2.62. The Labute approximate surface area is 244 Å². The van der Waals surface area contributed by atoms with Crippen molar-refractivity contribution < 1.29 is 36.2 Å². The van der Waals surface area contributed by atoms with Crippen molar-refractivity contribution in [2.45, 2.75) is 68.9 Å². The molecule has 2 heterocycles. The Balaban J connectivity index is 1.38. The Morgan fingerprint density at radius 3 is 2.19 bits per heavy atom. The van der Waals surface area contributed by atoms with Crippen molar-refractivity contribution in [2.24, 2.45) is 11.0 Å². The summed E-state index contributed by atoms with van der Waals surface area (Å²) in [5, 5.41) is 14.8. The minimum Gasteiger partial charge on any atom is -0.369 e. The molecule has 1 atom stereocenters. The van der Waals surface area contributed by atoms with Crippen LogP contribution in [-0.2, 0) is 4.79 Å². The zero-order valence-electron chi connectivity index (χ0n) is 22.6. The Hall–Kier alpha value is -3.05. The first-order valence-corrected chi connectivity index (χ1v) is 14.2. The van der Waals surface area contributed by atoms with Gasteiger partial charge in [-0.05, 0) is 54.0 Å². The van der Waals surface area contributed by atoms with Crippen LogP contribution in [0.4, 0.5) is 32.0 Å². The number of alkyl halides is 6. The first-order chi connectivity index (χ1) is 19.8. The van der Waals surface area contributed by atoms with Gasteiger partial charge in [-0.2, -0.15) is 31.4 Å². The summed E-state index contributed by atoms with van der Waals surface area (Å²) in [6.45, 7) is 1.06. The SMILES string of the molecule is O=C(CC1CCCC1)N1CC=C(c2ccc(C3CC(C(O)(C(F)(F)F)C(F)(F)F)=NN3c3ccccc3Cl)cc2)CC1. The number of rotatable bonds is 6. The van der Waals surface area contributed by atoms with Crippen molar-refractivity contribution in [1.82, 2.24) is 4.90 Å². The monoisotopic (exact) mass is 613 g/mol. The number of benzene rings is 2. The van der Waals surface area contributed by atoms with E-state index in [1.165, 1.54) is 31.0 Å². The minimum atomic E-state index is -6.05. The van der Waals surface area contributed by atoms with Gasteiger partial charge in [0.1, 0.15) is 0 Å². The van der Waals surface area contributed by atoms with Crippen LogP contribution in [-0.4, -0.2) is 52.7 Å². The summed E-state index contributed by atoms with van der Waals surface area (Å²) in [6, 6.07) is 11.6. The molecule has 3 aliphatic rings. The molecule has 2 aliphatic heterocycles. The van der Waals surface area contributed by atoms with E-state index in [4.69, 9.17) is 11.6 Å². The molecule has 0 spiro atoms. The van der Waals surface area contributed by atoms with Crippen LogP contribution in [0.15, 0.2) is 59.7 Å². The van der Waals surface area contributed by atoms with Gasteiger partial charge in [0.25, 0.3) is 5.60 Å². The summed E-state index contributed by atoms with van der Waals surface area (Å²) < 4.78 is 82.2. The third kappa shape index (κ3) is 5.77. The Bertz CT molecular complexity index is 1350. The molecule has 1 unspecified atom stereocenters. The van der Waals surface area contributed by atoms with Gasteiger partial charge in [0.15, 0.2) is 0 Å². The molecule has 5 rings (SSSR count). The summed E-state index contributed by atoms with van der Waals surface area (Å²) in [7, 11) is 0. The van der Waals surface area contributed by atoms with Gasteiger partial charge in [-0.3, -0.25) is 9.80 Å². The van der Waals surface area contributed by atoms with E-state index in [0.29, 0.717) is 37.4 Å². The molecule has 2 aromatic rings. The molecular formula is C30H30ClF6N3O2. The molecule has 0 aromatic heterocycles. The summed E-state index contributed by atoms with van der Waals surface area (Å²) in [5.41, 5.74) is -4.24. The third-order valence-corrected chi connectivity index (χ3v) is 8.73. The number of hydrazone groups is 1. The van der Waals surface area contributed by atoms with Crippen molar-refractivity contribution in [3.8, 4) is 0 Å². The second-order valence-corrected chi connectivity index (χ2v) is 11.5. The first kappa shape index (κ1) is 30.4. The lowest BCUT2D eigenvalue weighted by Gasteiger charge is -2.32. The fraction of sp³-hybridized carbons (Fsp3) is 0.467. The maximum atomic E-state index is 13.7. The van der Waals surface area contributed by atoms with E-state index in [9.17, 15) is 36.2 Å². The van der Waals surface area contributed by atoms with Gasteiger partial charge < -0.3 is 10.0 Å². The van der Waals surface area contributed by atoms with E-state index >= 15 is 0 Å². The number of hydrogen-bond donors (Lipinski definition) is 1. The molecular weight excluding hydrogens is 584 g/mol. The predicted octanol–water partition coefficient (Wildman–Crippen LogP) is 7.70. The summed E-state index contributed by atoms with van der Waals surface area (Å²) in [5.74, 6) is 0.617. The molecule has 2 aromatic carbocycles. The van der Waals surface area contributed by atoms with Crippen molar-refractivity contribution >= 4 is 34.5 Å². The van der Waals surface area contributed by atoms with Crippen LogP contribution >= 0.6 is 11.6 Å². The molecule has 12 heteroatoms. The lowest BCUT2D eigenvalue weighted by molar-refractivity contribution is -0.338. The Morgan fingerprint density at radius 2 is 1.62 bits per heavy atom. The molecule has 1 N–H and O–H groups in total. The van der Waals surface area contributed by atoms with Gasteiger partial charge in [-0.25, -0.2) is 0 Å². The zero-order valence-corrected chi connectivity index (χ0v) is 23.3. The topological polar surface area (TPSA) is 56.1 Å². The number of nitrogens with zero attached hydrogens (tertiary/aromatic N) is 3. The quantitative estimate of drug-likeness (QED) is 0.340. The normalized spacial score (nSPS) is 20.6. The molecule has 0 radical (unpaired) electrons. The van der Waals surface area contributed by atoms with E-state index in [2.05, 4.69) is 5.10 Å². The van der Waals surface area contributed by atoms with Crippen LogP contribution in [0.1, 0.15) is 62.1 Å². The maximum absolute atomic E-state index is 13.7. The highest BCUT2D eigenvalue weighted by molar-refractivity contribution is 6.33. The van der Waals surface area contributed by atoms with Gasteiger partial charge in [-0.15, -0.1) is 0 Å². The van der Waals surface area contributed by atoms with Crippen molar-refractivity contribution in [2.75, 3.05) is 18.1 Å². The van der Waals surface area contributed by atoms with Crippen molar-refractivity contribution in [1.29, 1.82) is 0 Å². The lowest BCUT2D eigenvalue weighted by atomic mass is 9.89. The summed E-state index contributed by atoms with van der Waals surface area (Å²) in [4.78, 5) is 14.5. The number of hydrogen-bond acceptors (Lipinski definition) is 4. The third-order valence-electron chi connectivity index (χ3n) is 8.41. The highest BCUT2D eigenvalue weighted by atomic mass is 35.5. The molecule has 0 bridgehead atoms. The largest absolute Gasteiger partial charge is 0.431 e. The van der Waals surface area contributed by atoms with E-state index in [-0.39, 0.29) is 16.6 Å². The minimum absolute atomic E-state index is 0.0751. The van der Waals surface area contributed by atoms with E-state index in [1.807, 2.05) is 11.0 Å². The second kappa shape index (κ2) is 11.6. The van der Waals surface area contributed by atoms with E-state index in [1.54, 1.807) is 30.3 Å². The fourth-order valence-corrected chi connectivity index (χ4v) is 6.23. The number of para-hydroxylation sites is 1. The van der Waals surface area contributed by atoms with E-state index in [0.717, 1.165) is 29.0 Å². The smallest absolute Gasteiger partial charge is 0.369 e. The van der Waals surface area contributed by atoms with Crippen molar-refractivity contribution in [3.05, 3.63) is 70.8 Å². The molecule has 1 amide bonds. The average Bonchev–Trinajstić information content (AvgIpc) is 3.62. The van der Waals surface area contributed by atoms with Gasteiger partial charge in [0.2, 0.25) is 5.91 Å². The highest BCUT2D eigenvalue weighted by Gasteiger charge is 2.74. The fourth-order valence-electron chi connectivity index (χ4n) is 6.00. The van der Waals surface area contributed by atoms with Gasteiger partial charge in [0.05, 0.1) is 22.5 Å². The molecule has 42 heavy (non-hydrogen) atoms. The predicted molar refractivity (Wildman–Crippen MR) is 148 cm³/mol. The number of carbonyl (C=O) groups excluding carboxylic acids is 1. The Morgan fingerprint density at radius 1 is 0.976 bits per heavy atom. The van der Waals surface area contributed by atoms with Crippen molar-refractivity contribution in [3.63, 3.8) is 0 Å². The number of aliphatic hydroxyl groups is 1. The maximum Gasteiger partial charge on any atom is 0.431 e. The van der Waals surface area contributed by atoms with Crippen LogP contribution in [0.5, 0.6) is 0 Å². The molecule has 5 nitrogen and oxygen atoms in total. The zero-order chi connectivity index (χ0) is 30.3. The van der Waals surface area contributed by atoms with Gasteiger partial charge >= 0.3 is 12.4 Å². The van der Waals surface area contributed by atoms with E-state index < -0.39 is 36.1 Å². The molecule has 1 fully saturated rings. The first-order valence-electron chi connectivity index (χ1n) is 13.8. The standard InChI is InChI=1S/C30H30ClF6N3O2/c31-23-7-3-4-8-24(23)40-25(18-26(38-40)28(42,29(32,33)34)30(35,36)37)22-11-9-20(10-12-22)21-13-15-39(16-14-21)27(41)17-19-5-1-2-6-19/h3-4,7-13,19,25,42H,1-2,5-6,14-18H2. The molecule has 0 saturated heterocycles. The molecule has 1 saturated carbocycles. The van der Waals surface area contributed by atoms with Gasteiger partial charge in [0, 0.05) is 25.9 Å². The molecule has 1 aliphatic carbocycles.